The summed E-state index contributed by atoms with van der Waals surface area (Å²) in [5, 5.41) is 5.02. The van der Waals surface area contributed by atoms with Gasteiger partial charge in [0.05, 0.1) is 18.0 Å². The topological polar surface area (TPSA) is 54.5 Å². The molecule has 0 radical (unpaired) electrons. The first kappa shape index (κ1) is 15.7. The van der Waals surface area contributed by atoms with Crippen LogP contribution < -0.4 is 5.32 Å². The Morgan fingerprint density at radius 2 is 2.38 bits per heavy atom. The summed E-state index contributed by atoms with van der Waals surface area (Å²) in [6.45, 7) is 2.98. The Hall–Kier alpha value is -1.76. The molecule has 2 aromatic rings. The lowest BCUT2D eigenvalue weighted by atomic mass is 9.91. The lowest BCUT2D eigenvalue weighted by molar-refractivity contribution is -0.127. The summed E-state index contributed by atoms with van der Waals surface area (Å²) < 4.78 is 6.08. The molecule has 126 valence electrons. The van der Waals surface area contributed by atoms with E-state index in [1.807, 2.05) is 12.1 Å². The number of thiophene rings is 1. The van der Waals surface area contributed by atoms with Crippen LogP contribution in [0.15, 0.2) is 42.0 Å². The Morgan fingerprint density at radius 3 is 3.17 bits per heavy atom. The average Bonchev–Trinajstić information content (AvgIpc) is 3.25. The van der Waals surface area contributed by atoms with E-state index in [0.717, 1.165) is 38.2 Å². The number of likely N-dealkylation sites (tertiary alicyclic amines) is 1. The normalized spacial score (nSPS) is 26.9. The third-order valence-corrected chi connectivity index (χ3v) is 5.68. The van der Waals surface area contributed by atoms with Crippen molar-refractivity contribution in [2.45, 2.75) is 31.6 Å². The van der Waals surface area contributed by atoms with Crippen molar-refractivity contribution in [3.63, 3.8) is 0 Å². The molecule has 0 aromatic carbocycles. The van der Waals surface area contributed by atoms with Gasteiger partial charge < -0.3 is 10.1 Å². The molecule has 0 unspecified atom stereocenters. The number of rotatable bonds is 4. The number of anilines is 1. The van der Waals surface area contributed by atoms with E-state index >= 15 is 0 Å². The fourth-order valence-electron chi connectivity index (χ4n) is 3.59. The minimum Gasteiger partial charge on any atom is -0.364 e. The molecule has 4 heterocycles. The predicted octanol–water partition coefficient (Wildman–Crippen LogP) is 2.76. The Bertz CT molecular complexity index is 677. The van der Waals surface area contributed by atoms with Gasteiger partial charge in [-0.15, -0.1) is 11.3 Å². The second-order valence-corrected chi connectivity index (χ2v) is 7.53. The number of ether oxygens (including phenoxy) is 1. The SMILES string of the molecule is O=C(Nc1cccnc1)[C@@H]1C[C@@H]2CCN(Cc3cccs3)C[C@H]2O1. The van der Waals surface area contributed by atoms with E-state index in [0.29, 0.717) is 5.92 Å². The molecule has 6 heteroatoms. The van der Waals surface area contributed by atoms with Crippen LogP contribution in [0.25, 0.3) is 0 Å². The van der Waals surface area contributed by atoms with Gasteiger partial charge >= 0.3 is 0 Å². The van der Waals surface area contributed by atoms with Crippen molar-refractivity contribution in [3.8, 4) is 0 Å². The van der Waals surface area contributed by atoms with Crippen LogP contribution in [-0.2, 0) is 16.1 Å². The van der Waals surface area contributed by atoms with Crippen LogP contribution in [0.2, 0.25) is 0 Å². The van der Waals surface area contributed by atoms with Gasteiger partial charge in [-0.2, -0.15) is 0 Å². The van der Waals surface area contributed by atoms with E-state index in [1.54, 1.807) is 23.7 Å². The molecule has 5 nitrogen and oxygen atoms in total. The Kier molecular flexibility index (Phi) is 4.60. The molecule has 0 aliphatic carbocycles. The summed E-state index contributed by atoms with van der Waals surface area (Å²) in [5.41, 5.74) is 0.722. The van der Waals surface area contributed by atoms with Crippen molar-refractivity contribution in [3.05, 3.63) is 46.9 Å². The fraction of sp³-hybridized carbons (Fsp3) is 0.444. The Balaban J connectivity index is 1.33. The van der Waals surface area contributed by atoms with Crippen LogP contribution in [-0.4, -0.2) is 41.1 Å². The molecule has 2 fully saturated rings. The minimum absolute atomic E-state index is 0.0535. The van der Waals surface area contributed by atoms with Gasteiger partial charge in [-0.3, -0.25) is 14.7 Å². The van der Waals surface area contributed by atoms with Gasteiger partial charge in [0.15, 0.2) is 0 Å². The highest BCUT2D eigenvalue weighted by molar-refractivity contribution is 7.09. The van der Waals surface area contributed by atoms with E-state index in [1.165, 1.54) is 4.88 Å². The number of aromatic nitrogens is 1. The maximum absolute atomic E-state index is 12.4. The third kappa shape index (κ3) is 3.50. The summed E-state index contributed by atoms with van der Waals surface area (Å²) in [5.74, 6) is 0.441. The summed E-state index contributed by atoms with van der Waals surface area (Å²) in [6, 6.07) is 7.93. The van der Waals surface area contributed by atoms with Crippen LogP contribution >= 0.6 is 11.3 Å². The summed E-state index contributed by atoms with van der Waals surface area (Å²) in [6.07, 6.45) is 5.10. The number of pyridine rings is 1. The molecule has 2 saturated heterocycles. The number of nitrogens with one attached hydrogen (secondary N) is 1. The highest BCUT2D eigenvalue weighted by Crippen LogP contribution is 2.34. The maximum atomic E-state index is 12.4. The lowest BCUT2D eigenvalue weighted by Crippen LogP contribution is -2.41. The lowest BCUT2D eigenvalue weighted by Gasteiger charge is -2.33. The molecule has 1 N–H and O–H groups in total. The van der Waals surface area contributed by atoms with Crippen molar-refractivity contribution in [1.82, 2.24) is 9.88 Å². The number of carbonyl (C=O) groups excluding carboxylic acids is 1. The van der Waals surface area contributed by atoms with Crippen LogP contribution in [0.5, 0.6) is 0 Å². The maximum Gasteiger partial charge on any atom is 0.253 e. The predicted molar refractivity (Wildman–Crippen MR) is 93.8 cm³/mol. The molecule has 1 amide bonds. The number of fused-ring (bicyclic) bond motifs is 1. The van der Waals surface area contributed by atoms with Crippen LogP contribution in [0.1, 0.15) is 17.7 Å². The zero-order valence-electron chi connectivity index (χ0n) is 13.4. The summed E-state index contributed by atoms with van der Waals surface area (Å²) in [7, 11) is 0. The standard InChI is InChI=1S/C18H21N3O2S/c22-18(20-14-3-1-6-19-10-14)16-9-13-5-7-21(12-17(13)23-16)11-15-4-2-8-24-15/h1-4,6,8,10,13,16-17H,5,7,9,11-12H2,(H,20,22)/t13-,16-,17+/m0/s1. The van der Waals surface area contributed by atoms with Crippen LogP contribution in [0, 0.1) is 5.92 Å². The molecule has 0 spiro atoms. The zero-order valence-corrected chi connectivity index (χ0v) is 14.2. The third-order valence-electron chi connectivity index (χ3n) is 4.82. The molecule has 0 bridgehead atoms. The number of nitrogens with zero attached hydrogens (tertiary/aromatic N) is 2. The Morgan fingerprint density at radius 1 is 1.42 bits per heavy atom. The van der Waals surface area contributed by atoms with Gasteiger partial charge in [0, 0.05) is 24.2 Å². The highest BCUT2D eigenvalue weighted by atomic mass is 32.1. The van der Waals surface area contributed by atoms with Crippen molar-refractivity contribution in [1.29, 1.82) is 0 Å². The summed E-state index contributed by atoms with van der Waals surface area (Å²) >= 11 is 1.80. The van der Waals surface area contributed by atoms with Crippen LogP contribution in [0.4, 0.5) is 5.69 Å². The second-order valence-electron chi connectivity index (χ2n) is 6.49. The number of piperidine rings is 1. The van der Waals surface area contributed by atoms with Crippen molar-refractivity contribution >= 4 is 22.9 Å². The van der Waals surface area contributed by atoms with Gasteiger partial charge in [-0.1, -0.05) is 6.07 Å². The van der Waals surface area contributed by atoms with Crippen LogP contribution in [0.3, 0.4) is 0 Å². The molecule has 4 rings (SSSR count). The molecule has 2 aliphatic heterocycles. The van der Waals surface area contributed by atoms with Crippen molar-refractivity contribution in [2.75, 3.05) is 18.4 Å². The average molecular weight is 343 g/mol. The van der Waals surface area contributed by atoms with Gasteiger partial charge in [0.2, 0.25) is 0 Å². The number of hydrogen-bond donors (Lipinski definition) is 1. The van der Waals surface area contributed by atoms with E-state index in [4.69, 9.17) is 4.74 Å². The molecular formula is C18H21N3O2S. The minimum atomic E-state index is -0.345. The second kappa shape index (κ2) is 7.01. The van der Waals surface area contributed by atoms with Gasteiger partial charge in [-0.25, -0.2) is 0 Å². The number of carbonyl (C=O) groups is 1. The quantitative estimate of drug-likeness (QED) is 0.927. The van der Waals surface area contributed by atoms with Crippen molar-refractivity contribution in [2.24, 2.45) is 5.92 Å². The Labute approximate surface area is 145 Å². The first-order valence-electron chi connectivity index (χ1n) is 8.39. The largest absolute Gasteiger partial charge is 0.364 e. The molecular weight excluding hydrogens is 322 g/mol. The monoisotopic (exact) mass is 343 g/mol. The molecule has 2 aliphatic rings. The van der Waals surface area contributed by atoms with Gasteiger partial charge in [-0.05, 0) is 48.9 Å². The van der Waals surface area contributed by atoms with Gasteiger partial charge in [0.1, 0.15) is 6.10 Å². The first-order chi connectivity index (χ1) is 11.8. The van der Waals surface area contributed by atoms with Crippen molar-refractivity contribution < 1.29 is 9.53 Å². The van der Waals surface area contributed by atoms with E-state index in [-0.39, 0.29) is 18.1 Å². The molecule has 0 saturated carbocycles. The van der Waals surface area contributed by atoms with Gasteiger partial charge in [0.25, 0.3) is 5.91 Å². The highest BCUT2D eigenvalue weighted by Gasteiger charge is 2.41. The van der Waals surface area contributed by atoms with E-state index in [9.17, 15) is 4.79 Å². The summed E-state index contributed by atoms with van der Waals surface area (Å²) in [4.78, 5) is 20.3. The first-order valence-corrected chi connectivity index (χ1v) is 9.27. The zero-order chi connectivity index (χ0) is 16.4. The van der Waals surface area contributed by atoms with E-state index in [2.05, 4.69) is 32.7 Å². The number of amides is 1. The smallest absolute Gasteiger partial charge is 0.253 e. The molecule has 3 atom stereocenters. The molecule has 2 aromatic heterocycles. The van der Waals surface area contributed by atoms with E-state index < -0.39 is 0 Å². The molecule has 24 heavy (non-hydrogen) atoms. The number of hydrogen-bond acceptors (Lipinski definition) is 5. The fourth-order valence-corrected chi connectivity index (χ4v) is 4.34.